The van der Waals surface area contributed by atoms with E-state index in [-0.39, 0.29) is 0 Å². The summed E-state index contributed by atoms with van der Waals surface area (Å²) in [5, 5.41) is 0. The first-order chi connectivity index (χ1) is 7.71. The number of anilines is 1. The van der Waals surface area contributed by atoms with E-state index in [0.717, 1.165) is 18.0 Å². The molecule has 0 aliphatic rings. The normalized spacial score (nSPS) is 12.2. The molecular weight excluding hydrogens is 218 g/mol. The first kappa shape index (κ1) is 13.2. The number of benzene rings is 1. The molecule has 0 saturated heterocycles. The van der Waals surface area contributed by atoms with Gasteiger partial charge in [-0.05, 0) is 35.9 Å². The molecule has 2 nitrogen and oxygen atoms in total. The number of nitrogens with zero attached hydrogens (tertiary/aromatic N) is 1. The molecule has 0 aliphatic heterocycles. The second-order valence-corrected chi connectivity index (χ2v) is 4.40. The van der Waals surface area contributed by atoms with Gasteiger partial charge >= 0.3 is 0 Å². The minimum Gasteiger partial charge on any atom is -0.497 e. The van der Waals surface area contributed by atoms with Crippen LogP contribution in [0.4, 0.5) is 5.69 Å². The molecule has 1 rings (SSSR count). The Morgan fingerprint density at radius 3 is 2.38 bits per heavy atom. The van der Waals surface area contributed by atoms with E-state index < -0.39 is 0 Å². The van der Waals surface area contributed by atoms with Crippen LogP contribution in [0.2, 0.25) is 0 Å². The lowest BCUT2D eigenvalue weighted by Crippen LogP contribution is -2.25. The number of hydrogen-bond acceptors (Lipinski definition) is 3. The van der Waals surface area contributed by atoms with Gasteiger partial charge in [0, 0.05) is 19.3 Å². The van der Waals surface area contributed by atoms with Crippen molar-refractivity contribution in [2.75, 3.05) is 31.4 Å². The summed E-state index contributed by atoms with van der Waals surface area (Å²) in [6.45, 7) is 3.26. The number of ether oxygens (including phenoxy) is 1. The molecule has 0 amide bonds. The number of hydrogen-bond donors (Lipinski definition) is 1. The molecule has 0 heterocycles. The first-order valence-electron chi connectivity index (χ1n) is 5.67. The lowest BCUT2D eigenvalue weighted by atomic mass is 10.1. The van der Waals surface area contributed by atoms with Crippen LogP contribution in [0.5, 0.6) is 5.75 Å². The van der Waals surface area contributed by atoms with Crippen molar-refractivity contribution in [3.8, 4) is 5.75 Å². The summed E-state index contributed by atoms with van der Waals surface area (Å²) in [5.74, 6) is 2.49. The summed E-state index contributed by atoms with van der Waals surface area (Å²) in [4.78, 5) is 2.27. The van der Waals surface area contributed by atoms with E-state index in [2.05, 4.69) is 43.6 Å². The molecule has 0 bridgehead atoms. The average Bonchev–Trinajstić information content (AvgIpc) is 2.35. The van der Waals surface area contributed by atoms with Gasteiger partial charge in [0.15, 0.2) is 0 Å². The molecule has 16 heavy (non-hydrogen) atoms. The SMILES string of the molecule is CCC(CS)CN(C)c1ccc(OC)cc1. The van der Waals surface area contributed by atoms with Crippen LogP contribution in [-0.2, 0) is 0 Å². The molecule has 1 aromatic rings. The van der Waals surface area contributed by atoms with Crippen LogP contribution in [0.25, 0.3) is 0 Å². The number of methoxy groups -OCH3 is 1. The quantitative estimate of drug-likeness (QED) is 0.766. The van der Waals surface area contributed by atoms with Crippen molar-refractivity contribution in [2.24, 2.45) is 5.92 Å². The highest BCUT2D eigenvalue weighted by atomic mass is 32.1. The molecule has 1 unspecified atom stereocenters. The van der Waals surface area contributed by atoms with Crippen molar-refractivity contribution >= 4 is 18.3 Å². The van der Waals surface area contributed by atoms with E-state index in [1.807, 2.05) is 12.1 Å². The highest BCUT2D eigenvalue weighted by Crippen LogP contribution is 2.19. The zero-order valence-electron chi connectivity index (χ0n) is 10.3. The molecule has 0 fully saturated rings. The molecule has 1 atom stereocenters. The predicted molar refractivity (Wildman–Crippen MR) is 73.9 cm³/mol. The Morgan fingerprint density at radius 1 is 1.31 bits per heavy atom. The largest absolute Gasteiger partial charge is 0.497 e. The molecular formula is C13H21NOS. The molecule has 0 aromatic heterocycles. The Morgan fingerprint density at radius 2 is 1.94 bits per heavy atom. The third-order valence-electron chi connectivity index (χ3n) is 2.88. The third-order valence-corrected chi connectivity index (χ3v) is 3.40. The highest BCUT2D eigenvalue weighted by molar-refractivity contribution is 7.80. The van der Waals surface area contributed by atoms with Gasteiger partial charge in [-0.3, -0.25) is 0 Å². The number of thiol groups is 1. The zero-order valence-corrected chi connectivity index (χ0v) is 11.2. The van der Waals surface area contributed by atoms with Gasteiger partial charge < -0.3 is 9.64 Å². The molecule has 0 N–H and O–H groups in total. The molecule has 0 spiro atoms. The second kappa shape index (κ2) is 6.69. The summed E-state index contributed by atoms with van der Waals surface area (Å²) in [7, 11) is 3.81. The molecule has 1 aromatic carbocycles. The van der Waals surface area contributed by atoms with Gasteiger partial charge in [-0.1, -0.05) is 13.3 Å². The van der Waals surface area contributed by atoms with Gasteiger partial charge in [0.1, 0.15) is 5.75 Å². The standard InChI is InChI=1S/C13H21NOS/c1-4-11(10-16)9-14(2)12-5-7-13(15-3)8-6-12/h5-8,11,16H,4,9-10H2,1-3H3. The Labute approximate surface area is 104 Å². The highest BCUT2D eigenvalue weighted by Gasteiger charge is 2.08. The van der Waals surface area contributed by atoms with Crippen LogP contribution in [-0.4, -0.2) is 26.5 Å². The van der Waals surface area contributed by atoms with E-state index in [1.54, 1.807) is 7.11 Å². The van der Waals surface area contributed by atoms with Crippen LogP contribution in [0.1, 0.15) is 13.3 Å². The Kier molecular flexibility index (Phi) is 5.53. The Hall–Kier alpha value is -0.830. The van der Waals surface area contributed by atoms with Crippen LogP contribution < -0.4 is 9.64 Å². The minimum absolute atomic E-state index is 0.649. The van der Waals surface area contributed by atoms with Crippen LogP contribution in [0.3, 0.4) is 0 Å². The van der Waals surface area contributed by atoms with Crippen molar-refractivity contribution < 1.29 is 4.74 Å². The minimum atomic E-state index is 0.649. The van der Waals surface area contributed by atoms with Crippen LogP contribution in [0, 0.1) is 5.92 Å². The maximum atomic E-state index is 5.14. The monoisotopic (exact) mass is 239 g/mol. The van der Waals surface area contributed by atoms with E-state index in [0.29, 0.717) is 5.92 Å². The summed E-state index contributed by atoms with van der Waals surface area (Å²) in [5.41, 5.74) is 1.22. The third kappa shape index (κ3) is 3.63. The first-order valence-corrected chi connectivity index (χ1v) is 6.30. The van der Waals surface area contributed by atoms with Gasteiger partial charge in [0.2, 0.25) is 0 Å². The van der Waals surface area contributed by atoms with Gasteiger partial charge in [0.05, 0.1) is 7.11 Å². The molecule has 90 valence electrons. The van der Waals surface area contributed by atoms with Gasteiger partial charge in [-0.25, -0.2) is 0 Å². The Bertz CT molecular complexity index is 295. The maximum absolute atomic E-state index is 5.14. The fourth-order valence-corrected chi connectivity index (χ4v) is 2.02. The molecule has 0 aliphatic carbocycles. The summed E-state index contributed by atoms with van der Waals surface area (Å²) in [6.07, 6.45) is 1.17. The zero-order chi connectivity index (χ0) is 12.0. The lowest BCUT2D eigenvalue weighted by Gasteiger charge is -2.24. The summed E-state index contributed by atoms with van der Waals surface area (Å²) >= 11 is 4.37. The van der Waals surface area contributed by atoms with Crippen LogP contribution in [0.15, 0.2) is 24.3 Å². The van der Waals surface area contributed by atoms with Crippen molar-refractivity contribution in [1.82, 2.24) is 0 Å². The van der Waals surface area contributed by atoms with Crippen molar-refractivity contribution in [1.29, 1.82) is 0 Å². The van der Waals surface area contributed by atoms with Crippen molar-refractivity contribution in [2.45, 2.75) is 13.3 Å². The van der Waals surface area contributed by atoms with E-state index in [9.17, 15) is 0 Å². The predicted octanol–water partition coefficient (Wildman–Crippen LogP) is 3.09. The van der Waals surface area contributed by atoms with E-state index in [1.165, 1.54) is 12.1 Å². The van der Waals surface area contributed by atoms with E-state index >= 15 is 0 Å². The summed E-state index contributed by atoms with van der Waals surface area (Å²) in [6, 6.07) is 8.16. The Balaban J connectivity index is 2.61. The van der Waals surface area contributed by atoms with Crippen LogP contribution >= 0.6 is 12.6 Å². The fraction of sp³-hybridized carbons (Fsp3) is 0.538. The second-order valence-electron chi connectivity index (χ2n) is 4.04. The van der Waals surface area contributed by atoms with Gasteiger partial charge in [-0.2, -0.15) is 12.6 Å². The van der Waals surface area contributed by atoms with Crippen molar-refractivity contribution in [3.63, 3.8) is 0 Å². The summed E-state index contributed by atoms with van der Waals surface area (Å²) < 4.78 is 5.14. The average molecular weight is 239 g/mol. The molecule has 0 radical (unpaired) electrons. The maximum Gasteiger partial charge on any atom is 0.119 e. The van der Waals surface area contributed by atoms with E-state index in [4.69, 9.17) is 4.74 Å². The van der Waals surface area contributed by atoms with Gasteiger partial charge in [0.25, 0.3) is 0 Å². The molecule has 3 heteroatoms. The lowest BCUT2D eigenvalue weighted by molar-refractivity contribution is 0.415. The molecule has 0 saturated carbocycles. The van der Waals surface area contributed by atoms with Gasteiger partial charge in [-0.15, -0.1) is 0 Å². The number of rotatable bonds is 6. The smallest absolute Gasteiger partial charge is 0.119 e. The van der Waals surface area contributed by atoms with Crippen molar-refractivity contribution in [3.05, 3.63) is 24.3 Å². The fourth-order valence-electron chi connectivity index (χ4n) is 1.65. The topological polar surface area (TPSA) is 12.5 Å².